The Hall–Kier alpha value is -1.37. The van der Waals surface area contributed by atoms with Gasteiger partial charge in [-0.25, -0.2) is 0 Å². The second-order valence-electron chi connectivity index (χ2n) is 7.46. The van der Waals surface area contributed by atoms with E-state index in [0.717, 1.165) is 23.5 Å². The Morgan fingerprint density at radius 3 is 1.88 bits per heavy atom. The van der Waals surface area contributed by atoms with E-state index in [9.17, 15) is 9.67 Å². The summed E-state index contributed by atoms with van der Waals surface area (Å²) in [5, 5.41) is 12.7. The molecule has 0 saturated heterocycles. The number of rotatable bonds is 6. The molecule has 1 fully saturated rings. The average Bonchev–Trinajstić information content (AvgIpc) is 2.69. The Labute approximate surface area is 151 Å². The maximum atomic E-state index is 14.1. The van der Waals surface area contributed by atoms with Gasteiger partial charge in [0.25, 0.3) is 0 Å². The highest BCUT2D eigenvalue weighted by molar-refractivity contribution is 7.78. The highest BCUT2D eigenvalue weighted by Gasteiger charge is 2.34. The molecule has 3 heteroatoms. The van der Waals surface area contributed by atoms with Gasteiger partial charge in [0.05, 0.1) is 6.10 Å². The smallest absolute Gasteiger partial charge is 0.143 e. The molecule has 0 amide bonds. The summed E-state index contributed by atoms with van der Waals surface area (Å²) in [6.07, 6.45) is 6.08. The molecular formula is C22H29O2P. The van der Waals surface area contributed by atoms with Crippen molar-refractivity contribution >= 4 is 17.8 Å². The van der Waals surface area contributed by atoms with Crippen molar-refractivity contribution in [3.63, 3.8) is 0 Å². The molecule has 0 bridgehead atoms. The molecule has 0 unspecified atom stereocenters. The van der Waals surface area contributed by atoms with Gasteiger partial charge in [-0.2, -0.15) is 0 Å². The lowest BCUT2D eigenvalue weighted by molar-refractivity contribution is 0.0474. The van der Waals surface area contributed by atoms with Gasteiger partial charge < -0.3 is 9.67 Å². The van der Waals surface area contributed by atoms with Gasteiger partial charge in [0.2, 0.25) is 0 Å². The van der Waals surface area contributed by atoms with Crippen molar-refractivity contribution in [2.75, 3.05) is 6.16 Å². The molecule has 2 aromatic rings. The van der Waals surface area contributed by atoms with Crippen LogP contribution in [0.25, 0.3) is 0 Å². The number of benzene rings is 2. The van der Waals surface area contributed by atoms with E-state index in [1.54, 1.807) is 0 Å². The summed E-state index contributed by atoms with van der Waals surface area (Å²) in [6.45, 7) is 2.07. The molecule has 2 aromatic carbocycles. The van der Waals surface area contributed by atoms with Crippen LogP contribution < -0.4 is 10.6 Å². The normalized spacial score (nSPS) is 18.6. The number of aliphatic hydroxyl groups is 1. The molecule has 2 nitrogen and oxygen atoms in total. The van der Waals surface area contributed by atoms with E-state index in [2.05, 4.69) is 6.92 Å². The third-order valence-electron chi connectivity index (χ3n) is 5.61. The zero-order chi connectivity index (χ0) is 17.7. The van der Waals surface area contributed by atoms with Crippen LogP contribution >= 0.6 is 7.14 Å². The average molecular weight is 356 g/mol. The molecule has 0 heterocycles. The Morgan fingerprint density at radius 2 is 1.40 bits per heavy atom. The Balaban J connectivity index is 1.86. The van der Waals surface area contributed by atoms with E-state index in [-0.39, 0.29) is 12.0 Å². The van der Waals surface area contributed by atoms with Crippen molar-refractivity contribution in [1.82, 2.24) is 0 Å². The second-order valence-corrected chi connectivity index (χ2v) is 10.3. The number of hydrogen-bond acceptors (Lipinski definition) is 2. The van der Waals surface area contributed by atoms with Gasteiger partial charge in [0.15, 0.2) is 0 Å². The van der Waals surface area contributed by atoms with Gasteiger partial charge in [-0.05, 0) is 24.7 Å². The van der Waals surface area contributed by atoms with Crippen LogP contribution in [-0.4, -0.2) is 17.4 Å². The van der Waals surface area contributed by atoms with E-state index < -0.39 is 7.14 Å². The maximum Gasteiger partial charge on any atom is 0.143 e. The summed E-state index contributed by atoms with van der Waals surface area (Å²) in [7, 11) is -2.75. The zero-order valence-electron chi connectivity index (χ0n) is 15.1. The van der Waals surface area contributed by atoms with Crippen LogP contribution in [0.1, 0.15) is 39.0 Å². The van der Waals surface area contributed by atoms with Gasteiger partial charge in [-0.15, -0.1) is 0 Å². The van der Waals surface area contributed by atoms with Crippen molar-refractivity contribution in [1.29, 1.82) is 0 Å². The van der Waals surface area contributed by atoms with Crippen LogP contribution in [0.2, 0.25) is 0 Å². The first kappa shape index (κ1) is 18.4. The first-order valence-corrected chi connectivity index (χ1v) is 11.4. The van der Waals surface area contributed by atoms with E-state index in [1.807, 2.05) is 60.7 Å². The highest BCUT2D eigenvalue weighted by Crippen LogP contribution is 2.46. The molecule has 0 spiro atoms. The monoisotopic (exact) mass is 356 g/mol. The summed E-state index contributed by atoms with van der Waals surface area (Å²) in [5.74, 6) is 0.387. The molecule has 0 aromatic heterocycles. The van der Waals surface area contributed by atoms with Crippen molar-refractivity contribution < 1.29 is 9.67 Å². The topological polar surface area (TPSA) is 37.3 Å². The molecular weight excluding hydrogens is 327 g/mol. The molecule has 134 valence electrons. The minimum absolute atomic E-state index is 0.0225. The van der Waals surface area contributed by atoms with Crippen molar-refractivity contribution in [2.45, 2.75) is 45.1 Å². The summed E-state index contributed by atoms with van der Waals surface area (Å²) >= 11 is 0. The maximum absolute atomic E-state index is 14.1. The standard InChI is InChI=1S/C22H29O2P/c1-18(22(23)19-11-5-2-6-12-19)17-25(24,20-13-7-3-8-14-20)21-15-9-4-10-16-21/h3-4,7-10,13-16,18-19,22-23H,2,5-6,11-12,17H2,1H3/t18-,22-/m0/s1. The molecule has 3 rings (SSSR count). The van der Waals surface area contributed by atoms with Crippen LogP contribution in [-0.2, 0) is 4.57 Å². The lowest BCUT2D eigenvalue weighted by Gasteiger charge is -2.32. The predicted octanol–water partition coefficient (Wildman–Crippen LogP) is 4.58. The molecule has 1 aliphatic rings. The molecule has 1 aliphatic carbocycles. The van der Waals surface area contributed by atoms with Crippen LogP contribution in [0.4, 0.5) is 0 Å². The summed E-state index contributed by atoms with van der Waals surface area (Å²) < 4.78 is 14.1. The first-order valence-electron chi connectivity index (χ1n) is 9.49. The Bertz CT molecular complexity index is 649. The summed E-state index contributed by atoms with van der Waals surface area (Å²) in [6, 6.07) is 19.6. The van der Waals surface area contributed by atoms with E-state index >= 15 is 0 Å². The summed E-state index contributed by atoms with van der Waals surface area (Å²) in [4.78, 5) is 0. The second kappa shape index (κ2) is 8.34. The van der Waals surface area contributed by atoms with E-state index in [1.165, 1.54) is 19.3 Å². The third-order valence-corrected chi connectivity index (χ3v) is 8.96. The lowest BCUT2D eigenvalue weighted by atomic mass is 9.81. The quantitative estimate of drug-likeness (QED) is 0.770. The largest absolute Gasteiger partial charge is 0.393 e. The molecule has 1 saturated carbocycles. The first-order chi connectivity index (χ1) is 12.1. The van der Waals surface area contributed by atoms with Crippen molar-refractivity contribution in [3.05, 3.63) is 60.7 Å². The third kappa shape index (κ3) is 4.25. The van der Waals surface area contributed by atoms with E-state index in [4.69, 9.17) is 0 Å². The predicted molar refractivity (Wildman–Crippen MR) is 106 cm³/mol. The van der Waals surface area contributed by atoms with Crippen LogP contribution in [0.15, 0.2) is 60.7 Å². The van der Waals surface area contributed by atoms with Crippen molar-refractivity contribution in [3.8, 4) is 0 Å². The fourth-order valence-corrected chi connectivity index (χ4v) is 7.21. The van der Waals surface area contributed by atoms with Crippen LogP contribution in [0, 0.1) is 11.8 Å². The zero-order valence-corrected chi connectivity index (χ0v) is 15.9. The Kier molecular flexibility index (Phi) is 6.15. The SMILES string of the molecule is C[C@@H](CP(=O)(c1ccccc1)c1ccccc1)[C@H](O)C1CCCCC1. The van der Waals surface area contributed by atoms with Gasteiger partial charge in [-0.1, -0.05) is 86.8 Å². The van der Waals surface area contributed by atoms with Crippen LogP contribution in [0.5, 0.6) is 0 Å². The van der Waals surface area contributed by atoms with E-state index in [0.29, 0.717) is 12.1 Å². The lowest BCUT2D eigenvalue weighted by Crippen LogP contribution is -2.33. The van der Waals surface area contributed by atoms with Gasteiger partial charge in [-0.3, -0.25) is 0 Å². The molecule has 1 N–H and O–H groups in total. The van der Waals surface area contributed by atoms with Gasteiger partial charge in [0, 0.05) is 16.8 Å². The van der Waals surface area contributed by atoms with Gasteiger partial charge in [0.1, 0.15) is 7.14 Å². The molecule has 2 atom stereocenters. The highest BCUT2D eigenvalue weighted by atomic mass is 31.2. The fourth-order valence-electron chi connectivity index (χ4n) is 4.15. The summed E-state index contributed by atoms with van der Waals surface area (Å²) in [5.41, 5.74) is 0. The van der Waals surface area contributed by atoms with Gasteiger partial charge >= 0.3 is 0 Å². The Morgan fingerprint density at radius 1 is 0.920 bits per heavy atom. The fraction of sp³-hybridized carbons (Fsp3) is 0.455. The van der Waals surface area contributed by atoms with Crippen LogP contribution in [0.3, 0.4) is 0 Å². The minimum atomic E-state index is -2.75. The molecule has 0 radical (unpaired) electrons. The minimum Gasteiger partial charge on any atom is -0.393 e. The number of hydrogen-bond donors (Lipinski definition) is 1. The number of aliphatic hydroxyl groups excluding tert-OH is 1. The van der Waals surface area contributed by atoms with Crippen molar-refractivity contribution in [2.24, 2.45) is 11.8 Å². The molecule has 0 aliphatic heterocycles. The molecule has 25 heavy (non-hydrogen) atoms.